The van der Waals surface area contributed by atoms with E-state index in [1.165, 1.54) is 0 Å². The maximum atomic E-state index is 6.23. The van der Waals surface area contributed by atoms with Gasteiger partial charge in [-0.25, -0.2) is 0 Å². The lowest BCUT2D eigenvalue weighted by atomic mass is 10.0. The first-order valence-corrected chi connectivity index (χ1v) is 6.12. The maximum Gasteiger partial charge on any atom is 0.0792 e. The van der Waals surface area contributed by atoms with E-state index in [0.29, 0.717) is 5.02 Å². The minimum Gasteiger partial charge on any atom is -0.155 e. The van der Waals surface area contributed by atoms with Crippen LogP contribution in [0.1, 0.15) is 25.2 Å². The Morgan fingerprint density at radius 3 is 2.00 bits per heavy atom. The smallest absolute Gasteiger partial charge is 0.0792 e. The van der Waals surface area contributed by atoms with Crippen LogP contribution in [0.4, 0.5) is 0 Å². The van der Waals surface area contributed by atoms with Crippen LogP contribution in [-0.4, -0.2) is 10.2 Å². The molecule has 0 aliphatic heterocycles. The highest BCUT2D eigenvalue weighted by molar-refractivity contribution is 6.34. The van der Waals surface area contributed by atoms with Gasteiger partial charge in [-0.1, -0.05) is 55.8 Å². The molecule has 0 atom stereocenters. The van der Waals surface area contributed by atoms with E-state index in [0.717, 1.165) is 22.5 Å². The second-order valence-electron chi connectivity index (χ2n) is 3.43. The largest absolute Gasteiger partial charge is 0.155 e. The van der Waals surface area contributed by atoms with Crippen LogP contribution >= 0.6 is 11.6 Å². The summed E-state index contributed by atoms with van der Waals surface area (Å²) in [5.74, 6) is 0. The summed E-state index contributed by atoms with van der Waals surface area (Å²) >= 11 is 6.23. The predicted octanol–water partition coefficient (Wildman–Crippen LogP) is 4.44. The summed E-state index contributed by atoms with van der Waals surface area (Å²) in [5, 5.41) is 8.75. The van der Waals surface area contributed by atoms with E-state index in [2.05, 4.69) is 10.2 Å². The Hall–Kier alpha value is -1.41. The van der Waals surface area contributed by atoms with Crippen LogP contribution in [0.5, 0.6) is 0 Å². The summed E-state index contributed by atoms with van der Waals surface area (Å²) < 4.78 is 0. The first-order chi connectivity index (χ1) is 8.20. The molecular formula is C14H17ClN2. The number of rotatable bonds is 1. The van der Waals surface area contributed by atoms with E-state index >= 15 is 0 Å². The Morgan fingerprint density at radius 1 is 0.882 bits per heavy atom. The van der Waals surface area contributed by atoms with Gasteiger partial charge in [-0.15, -0.1) is 0 Å². The second-order valence-corrected chi connectivity index (χ2v) is 3.80. The predicted molar refractivity (Wildman–Crippen MR) is 73.3 cm³/mol. The Morgan fingerprint density at radius 2 is 1.41 bits per heavy atom. The molecule has 0 amide bonds. The Labute approximate surface area is 108 Å². The zero-order chi connectivity index (χ0) is 12.8. The third-order valence-corrected chi connectivity index (χ3v) is 2.77. The van der Waals surface area contributed by atoms with Crippen molar-refractivity contribution in [2.45, 2.75) is 27.7 Å². The molecule has 0 unspecified atom stereocenters. The van der Waals surface area contributed by atoms with Gasteiger partial charge in [0.2, 0.25) is 0 Å². The van der Waals surface area contributed by atoms with Crippen LogP contribution in [0.3, 0.4) is 0 Å². The first kappa shape index (κ1) is 13.7. The van der Waals surface area contributed by atoms with Gasteiger partial charge in [-0.3, -0.25) is 0 Å². The molecule has 1 aromatic carbocycles. The molecule has 0 aliphatic carbocycles. The van der Waals surface area contributed by atoms with Crippen molar-refractivity contribution in [1.29, 1.82) is 0 Å². The maximum absolute atomic E-state index is 6.23. The lowest BCUT2D eigenvalue weighted by molar-refractivity contribution is 0.944. The molecule has 0 N–H and O–H groups in total. The van der Waals surface area contributed by atoms with E-state index in [1.54, 1.807) is 0 Å². The molecule has 0 saturated heterocycles. The molecule has 0 saturated carbocycles. The van der Waals surface area contributed by atoms with Crippen molar-refractivity contribution >= 4 is 11.6 Å². The number of hydrogen-bond acceptors (Lipinski definition) is 2. The molecule has 90 valence electrons. The van der Waals surface area contributed by atoms with Gasteiger partial charge < -0.3 is 0 Å². The Balaban J connectivity index is 0.000000686. The van der Waals surface area contributed by atoms with Crippen LogP contribution < -0.4 is 0 Å². The van der Waals surface area contributed by atoms with E-state index in [4.69, 9.17) is 11.6 Å². The molecule has 0 radical (unpaired) electrons. The van der Waals surface area contributed by atoms with E-state index in [1.807, 2.05) is 58.0 Å². The summed E-state index contributed by atoms with van der Waals surface area (Å²) in [4.78, 5) is 0. The third-order valence-electron chi connectivity index (χ3n) is 2.31. The fourth-order valence-corrected chi connectivity index (χ4v) is 1.81. The van der Waals surface area contributed by atoms with Gasteiger partial charge in [0, 0.05) is 5.56 Å². The van der Waals surface area contributed by atoms with Crippen LogP contribution in [-0.2, 0) is 0 Å². The van der Waals surface area contributed by atoms with Crippen molar-refractivity contribution in [3.63, 3.8) is 0 Å². The molecule has 17 heavy (non-hydrogen) atoms. The highest BCUT2D eigenvalue weighted by Gasteiger charge is 2.10. The average molecular weight is 249 g/mol. The molecular weight excluding hydrogens is 232 g/mol. The molecule has 2 nitrogen and oxygen atoms in total. The minimum absolute atomic E-state index is 0.689. The number of aromatic nitrogens is 2. The second kappa shape index (κ2) is 6.36. The van der Waals surface area contributed by atoms with E-state index in [9.17, 15) is 0 Å². The minimum atomic E-state index is 0.689. The summed E-state index contributed by atoms with van der Waals surface area (Å²) in [6.45, 7) is 7.78. The molecule has 2 rings (SSSR count). The fourth-order valence-electron chi connectivity index (χ4n) is 1.52. The van der Waals surface area contributed by atoms with Gasteiger partial charge >= 0.3 is 0 Å². The van der Waals surface area contributed by atoms with Crippen LogP contribution in [0.15, 0.2) is 30.3 Å². The molecule has 0 bridgehead atoms. The zero-order valence-corrected chi connectivity index (χ0v) is 11.4. The average Bonchev–Trinajstić information content (AvgIpc) is 2.38. The lowest BCUT2D eigenvalue weighted by Crippen LogP contribution is -1.96. The van der Waals surface area contributed by atoms with Crippen LogP contribution in [0.2, 0.25) is 5.02 Å². The topological polar surface area (TPSA) is 25.8 Å². The molecule has 0 fully saturated rings. The van der Waals surface area contributed by atoms with Crippen LogP contribution in [0, 0.1) is 13.8 Å². The van der Waals surface area contributed by atoms with E-state index < -0.39 is 0 Å². The summed E-state index contributed by atoms with van der Waals surface area (Å²) in [6, 6.07) is 10.0. The molecule has 3 heteroatoms. The quantitative estimate of drug-likeness (QED) is 0.746. The third kappa shape index (κ3) is 3.04. The van der Waals surface area contributed by atoms with Gasteiger partial charge in [0.15, 0.2) is 0 Å². The SMILES string of the molecule is CC.Cc1nnc(C)c(-c2ccccc2)c1Cl. The van der Waals surface area contributed by atoms with Gasteiger partial charge in [-0.05, 0) is 19.4 Å². The summed E-state index contributed by atoms with van der Waals surface area (Å²) in [7, 11) is 0. The van der Waals surface area contributed by atoms with Crippen molar-refractivity contribution in [2.24, 2.45) is 0 Å². The number of benzene rings is 1. The molecule has 2 aromatic rings. The number of halogens is 1. The van der Waals surface area contributed by atoms with Gasteiger partial charge in [0.1, 0.15) is 0 Å². The Kier molecular flexibility index (Phi) is 5.11. The molecule has 0 spiro atoms. The van der Waals surface area contributed by atoms with Gasteiger partial charge in [0.25, 0.3) is 0 Å². The van der Waals surface area contributed by atoms with Gasteiger partial charge in [0.05, 0.1) is 16.4 Å². The first-order valence-electron chi connectivity index (χ1n) is 5.75. The molecule has 1 heterocycles. The van der Waals surface area contributed by atoms with Crippen molar-refractivity contribution in [2.75, 3.05) is 0 Å². The van der Waals surface area contributed by atoms with Gasteiger partial charge in [-0.2, -0.15) is 10.2 Å². The normalized spacial score (nSPS) is 9.47. The zero-order valence-electron chi connectivity index (χ0n) is 10.7. The van der Waals surface area contributed by atoms with Crippen molar-refractivity contribution in [1.82, 2.24) is 10.2 Å². The van der Waals surface area contributed by atoms with Crippen LogP contribution in [0.25, 0.3) is 11.1 Å². The summed E-state index contributed by atoms with van der Waals surface area (Å²) in [5.41, 5.74) is 3.68. The fraction of sp³-hybridized carbons (Fsp3) is 0.286. The van der Waals surface area contributed by atoms with Crippen molar-refractivity contribution in [3.8, 4) is 11.1 Å². The van der Waals surface area contributed by atoms with E-state index in [-0.39, 0.29) is 0 Å². The van der Waals surface area contributed by atoms with Crippen molar-refractivity contribution in [3.05, 3.63) is 46.7 Å². The molecule has 1 aromatic heterocycles. The highest BCUT2D eigenvalue weighted by atomic mass is 35.5. The Bertz CT molecular complexity index is 481. The number of hydrogen-bond donors (Lipinski definition) is 0. The molecule has 0 aliphatic rings. The monoisotopic (exact) mass is 248 g/mol. The number of aryl methyl sites for hydroxylation is 2. The standard InChI is InChI=1S/C12H11ClN2.C2H6/c1-8-11(10-6-4-3-5-7-10)12(13)9(2)15-14-8;1-2/h3-7H,1-2H3;1-2H3. The summed E-state index contributed by atoms with van der Waals surface area (Å²) in [6.07, 6.45) is 0. The number of nitrogens with zero attached hydrogens (tertiary/aromatic N) is 2. The highest BCUT2D eigenvalue weighted by Crippen LogP contribution is 2.30. The lowest BCUT2D eigenvalue weighted by Gasteiger charge is -2.08. The van der Waals surface area contributed by atoms with Crippen molar-refractivity contribution < 1.29 is 0 Å².